The first-order valence-corrected chi connectivity index (χ1v) is 5.15. The van der Waals surface area contributed by atoms with E-state index in [-0.39, 0.29) is 0 Å². The largest absolute Gasteiger partial charge is 0.378 e. The van der Waals surface area contributed by atoms with Gasteiger partial charge in [0.1, 0.15) is 0 Å². The molecule has 2 rings (SSSR count). The number of nitrogens with one attached hydrogen (secondary N) is 1. The average molecular weight is 191 g/mol. The van der Waals surface area contributed by atoms with Crippen LogP contribution in [-0.2, 0) is 4.74 Å². The van der Waals surface area contributed by atoms with Crippen molar-refractivity contribution in [3.63, 3.8) is 0 Å². The molecule has 1 aliphatic rings. The highest BCUT2D eigenvalue weighted by Crippen LogP contribution is 2.20. The molecule has 1 heterocycles. The van der Waals surface area contributed by atoms with Gasteiger partial charge in [-0.3, -0.25) is 0 Å². The van der Waals surface area contributed by atoms with Crippen LogP contribution in [0.15, 0.2) is 18.2 Å². The fourth-order valence-corrected chi connectivity index (χ4v) is 1.90. The second-order valence-corrected chi connectivity index (χ2v) is 3.94. The maximum Gasteiger partial charge on any atom is 0.0662 e. The molecule has 2 heteroatoms. The lowest BCUT2D eigenvalue weighted by molar-refractivity contribution is 0.0767. The minimum atomic E-state index is 0.378. The fourth-order valence-electron chi connectivity index (χ4n) is 1.90. The molecule has 1 aromatic carbocycles. The Morgan fingerprint density at radius 1 is 1.36 bits per heavy atom. The molecule has 0 aromatic heterocycles. The summed E-state index contributed by atoms with van der Waals surface area (Å²) in [5.74, 6) is 0. The quantitative estimate of drug-likeness (QED) is 0.732. The van der Waals surface area contributed by atoms with Crippen LogP contribution < -0.4 is 5.32 Å². The zero-order valence-corrected chi connectivity index (χ0v) is 8.84. The minimum Gasteiger partial charge on any atom is -0.378 e. The lowest BCUT2D eigenvalue weighted by atomic mass is 9.99. The molecular formula is C12H17NO. The van der Waals surface area contributed by atoms with E-state index < -0.39 is 0 Å². The van der Waals surface area contributed by atoms with Crippen molar-refractivity contribution < 1.29 is 4.74 Å². The molecule has 76 valence electrons. The first kappa shape index (κ1) is 9.69. The van der Waals surface area contributed by atoms with Gasteiger partial charge in [-0.05, 0) is 25.0 Å². The maximum absolute atomic E-state index is 5.47. The van der Waals surface area contributed by atoms with Gasteiger partial charge < -0.3 is 10.1 Å². The summed E-state index contributed by atoms with van der Waals surface area (Å²) in [5.41, 5.74) is 4.04. The predicted molar refractivity (Wildman–Crippen MR) is 57.5 cm³/mol. The Balaban J connectivity index is 2.24. The monoisotopic (exact) mass is 191 g/mol. The van der Waals surface area contributed by atoms with E-state index >= 15 is 0 Å². The van der Waals surface area contributed by atoms with Crippen LogP contribution in [0.3, 0.4) is 0 Å². The zero-order chi connectivity index (χ0) is 9.97. The summed E-state index contributed by atoms with van der Waals surface area (Å²) in [6, 6.07) is 6.97. The molecule has 0 aliphatic carbocycles. The lowest BCUT2D eigenvalue weighted by Gasteiger charge is -2.25. The molecule has 1 saturated heterocycles. The number of ether oxygens (including phenoxy) is 1. The molecule has 1 atom stereocenters. The van der Waals surface area contributed by atoms with E-state index in [1.54, 1.807) is 0 Å². The Morgan fingerprint density at radius 2 is 2.21 bits per heavy atom. The SMILES string of the molecule is Cc1ccc(C)c([C@H]2COCCN2)c1. The van der Waals surface area contributed by atoms with Gasteiger partial charge in [0.05, 0.1) is 19.3 Å². The third-order valence-corrected chi connectivity index (χ3v) is 2.73. The van der Waals surface area contributed by atoms with Crippen LogP contribution in [-0.4, -0.2) is 19.8 Å². The average Bonchev–Trinajstić information content (AvgIpc) is 2.23. The summed E-state index contributed by atoms with van der Waals surface area (Å²) in [4.78, 5) is 0. The summed E-state index contributed by atoms with van der Waals surface area (Å²) < 4.78 is 5.47. The summed E-state index contributed by atoms with van der Waals surface area (Å²) in [7, 11) is 0. The van der Waals surface area contributed by atoms with Crippen molar-refractivity contribution in [2.24, 2.45) is 0 Å². The molecule has 0 amide bonds. The van der Waals surface area contributed by atoms with Gasteiger partial charge >= 0.3 is 0 Å². The minimum absolute atomic E-state index is 0.378. The van der Waals surface area contributed by atoms with Crippen molar-refractivity contribution in [1.82, 2.24) is 5.32 Å². The molecule has 2 nitrogen and oxygen atoms in total. The highest BCUT2D eigenvalue weighted by molar-refractivity contribution is 5.33. The van der Waals surface area contributed by atoms with Gasteiger partial charge in [-0.25, -0.2) is 0 Å². The van der Waals surface area contributed by atoms with Crippen LogP contribution in [0.2, 0.25) is 0 Å². The van der Waals surface area contributed by atoms with E-state index in [0.29, 0.717) is 6.04 Å². The Morgan fingerprint density at radius 3 is 2.93 bits per heavy atom. The molecule has 0 bridgehead atoms. The second kappa shape index (κ2) is 4.11. The van der Waals surface area contributed by atoms with Crippen LogP contribution in [0.1, 0.15) is 22.7 Å². The Bertz CT molecular complexity index is 316. The summed E-state index contributed by atoms with van der Waals surface area (Å²) in [6.45, 7) is 6.88. The van der Waals surface area contributed by atoms with Gasteiger partial charge in [-0.1, -0.05) is 23.8 Å². The van der Waals surface area contributed by atoms with Crippen LogP contribution in [0, 0.1) is 13.8 Å². The first-order chi connectivity index (χ1) is 6.77. The number of hydrogen-bond donors (Lipinski definition) is 1. The molecule has 1 aromatic rings. The Kier molecular flexibility index (Phi) is 2.85. The van der Waals surface area contributed by atoms with Crippen LogP contribution in [0.25, 0.3) is 0 Å². The smallest absolute Gasteiger partial charge is 0.0662 e. The number of benzene rings is 1. The highest BCUT2D eigenvalue weighted by atomic mass is 16.5. The molecule has 0 saturated carbocycles. The van der Waals surface area contributed by atoms with Gasteiger partial charge in [-0.15, -0.1) is 0 Å². The zero-order valence-electron chi connectivity index (χ0n) is 8.84. The maximum atomic E-state index is 5.47. The summed E-state index contributed by atoms with van der Waals surface area (Å²) in [6.07, 6.45) is 0. The second-order valence-electron chi connectivity index (χ2n) is 3.94. The van der Waals surface area contributed by atoms with Gasteiger partial charge in [0.25, 0.3) is 0 Å². The summed E-state index contributed by atoms with van der Waals surface area (Å²) >= 11 is 0. The standard InChI is InChI=1S/C12H17NO/c1-9-3-4-10(2)11(7-9)12-8-14-6-5-13-12/h3-4,7,12-13H,5-6,8H2,1-2H3/t12-/m1/s1. The molecule has 1 aliphatic heterocycles. The van der Waals surface area contributed by atoms with E-state index in [2.05, 4.69) is 37.4 Å². The number of hydrogen-bond acceptors (Lipinski definition) is 2. The first-order valence-electron chi connectivity index (χ1n) is 5.15. The van der Waals surface area contributed by atoms with Crippen molar-refractivity contribution in [3.8, 4) is 0 Å². The van der Waals surface area contributed by atoms with Crippen molar-refractivity contribution in [2.45, 2.75) is 19.9 Å². The molecule has 0 spiro atoms. The van der Waals surface area contributed by atoms with Crippen LogP contribution in [0.5, 0.6) is 0 Å². The Hall–Kier alpha value is -0.860. The van der Waals surface area contributed by atoms with Gasteiger partial charge in [-0.2, -0.15) is 0 Å². The summed E-state index contributed by atoms with van der Waals surface area (Å²) in [5, 5.41) is 3.48. The number of morpholine rings is 1. The molecule has 0 radical (unpaired) electrons. The van der Waals surface area contributed by atoms with Gasteiger partial charge in [0, 0.05) is 6.54 Å². The van der Waals surface area contributed by atoms with Crippen LogP contribution >= 0.6 is 0 Å². The highest BCUT2D eigenvalue weighted by Gasteiger charge is 2.16. The third kappa shape index (κ3) is 1.97. The topological polar surface area (TPSA) is 21.3 Å². The van der Waals surface area contributed by atoms with Crippen LogP contribution in [0.4, 0.5) is 0 Å². The van der Waals surface area contributed by atoms with Crippen molar-refractivity contribution in [2.75, 3.05) is 19.8 Å². The number of aryl methyl sites for hydroxylation is 2. The van der Waals surface area contributed by atoms with E-state index in [9.17, 15) is 0 Å². The van der Waals surface area contributed by atoms with Gasteiger partial charge in [0.2, 0.25) is 0 Å². The van der Waals surface area contributed by atoms with E-state index in [1.165, 1.54) is 16.7 Å². The lowest BCUT2D eigenvalue weighted by Crippen LogP contribution is -2.34. The Labute approximate surface area is 85.3 Å². The molecule has 0 unspecified atom stereocenters. The van der Waals surface area contributed by atoms with E-state index in [0.717, 1.165) is 19.8 Å². The van der Waals surface area contributed by atoms with Crippen molar-refractivity contribution >= 4 is 0 Å². The molecule has 14 heavy (non-hydrogen) atoms. The van der Waals surface area contributed by atoms with Crippen molar-refractivity contribution in [3.05, 3.63) is 34.9 Å². The molecule has 1 fully saturated rings. The van der Waals surface area contributed by atoms with E-state index in [4.69, 9.17) is 4.74 Å². The van der Waals surface area contributed by atoms with Crippen molar-refractivity contribution in [1.29, 1.82) is 0 Å². The number of rotatable bonds is 1. The molecular weight excluding hydrogens is 174 g/mol. The molecule has 1 N–H and O–H groups in total. The fraction of sp³-hybridized carbons (Fsp3) is 0.500. The third-order valence-electron chi connectivity index (χ3n) is 2.73. The normalized spacial score (nSPS) is 22.3. The predicted octanol–water partition coefficient (Wildman–Crippen LogP) is 1.96. The van der Waals surface area contributed by atoms with E-state index in [1.807, 2.05) is 0 Å². The van der Waals surface area contributed by atoms with Gasteiger partial charge in [0.15, 0.2) is 0 Å².